The summed E-state index contributed by atoms with van der Waals surface area (Å²) in [6.45, 7) is 3.02. The Morgan fingerprint density at radius 2 is 2.12 bits per heavy atom. The van der Waals surface area contributed by atoms with Crippen molar-refractivity contribution < 1.29 is 14.7 Å². The number of carbonyl (C=O) groups excluding carboxylic acids is 2. The lowest BCUT2D eigenvalue weighted by molar-refractivity contribution is -0.132. The van der Waals surface area contributed by atoms with Gasteiger partial charge in [-0.2, -0.15) is 0 Å². The predicted octanol–water partition coefficient (Wildman–Crippen LogP) is -2.14. The lowest BCUT2D eigenvalue weighted by atomic mass is 9.80. The average molecular weight is 228 g/mol. The predicted molar refractivity (Wildman–Crippen MR) is 57.5 cm³/mol. The minimum absolute atomic E-state index is 0.0526. The van der Waals surface area contributed by atoms with Crippen LogP contribution < -0.4 is 16.8 Å². The first-order valence-corrected chi connectivity index (χ1v) is 4.80. The highest BCUT2D eigenvalue weighted by Crippen LogP contribution is 2.27. The van der Waals surface area contributed by atoms with E-state index in [-0.39, 0.29) is 6.42 Å². The Labute approximate surface area is 92.9 Å². The summed E-state index contributed by atoms with van der Waals surface area (Å²) >= 11 is 0. The van der Waals surface area contributed by atoms with Crippen LogP contribution in [0.3, 0.4) is 0 Å². The molecule has 2 unspecified atom stereocenters. The molecule has 0 aromatic carbocycles. The van der Waals surface area contributed by atoms with Gasteiger partial charge in [-0.15, -0.1) is 0 Å². The van der Waals surface area contributed by atoms with Gasteiger partial charge in [0.1, 0.15) is 0 Å². The van der Waals surface area contributed by atoms with Gasteiger partial charge < -0.3 is 21.9 Å². The molecule has 7 heteroatoms. The quantitative estimate of drug-likeness (QED) is 0.437. The summed E-state index contributed by atoms with van der Waals surface area (Å²) in [6.07, 6.45) is 1.16. The maximum Gasteiger partial charge on any atom is 0.246 e. The van der Waals surface area contributed by atoms with Crippen LogP contribution in [0.5, 0.6) is 0 Å². The third kappa shape index (κ3) is 2.13. The molecule has 90 valence electrons. The number of aliphatic imine (C=N–C) groups is 1. The van der Waals surface area contributed by atoms with E-state index < -0.39 is 29.0 Å². The minimum atomic E-state index is -1.44. The number of aliphatic hydroxyl groups is 1. The molecule has 0 aliphatic carbocycles. The Morgan fingerprint density at radius 1 is 1.56 bits per heavy atom. The Kier molecular flexibility index (Phi) is 2.91. The molecule has 1 aliphatic rings. The van der Waals surface area contributed by atoms with Crippen LogP contribution >= 0.6 is 0 Å². The number of nitrogens with zero attached hydrogens (tertiary/aromatic N) is 1. The largest absolute Gasteiger partial charge is 0.390 e. The van der Waals surface area contributed by atoms with Crippen molar-refractivity contribution in [2.75, 3.05) is 0 Å². The van der Waals surface area contributed by atoms with Gasteiger partial charge in [-0.25, -0.2) is 0 Å². The van der Waals surface area contributed by atoms with Crippen molar-refractivity contribution in [3.05, 3.63) is 0 Å². The topological polar surface area (TPSA) is 131 Å². The lowest BCUT2D eigenvalue weighted by Crippen LogP contribution is -2.64. The molecule has 1 rings (SSSR count). The number of hydrogen-bond donors (Lipinski definition) is 4. The highest BCUT2D eigenvalue weighted by Gasteiger charge is 2.52. The highest BCUT2D eigenvalue weighted by molar-refractivity contribution is 5.99. The zero-order valence-electron chi connectivity index (χ0n) is 9.23. The average Bonchev–Trinajstić information content (AvgIpc) is 2.45. The molecule has 0 aromatic rings. The molecule has 0 spiro atoms. The summed E-state index contributed by atoms with van der Waals surface area (Å²) in [7, 11) is 0. The van der Waals surface area contributed by atoms with Gasteiger partial charge in [0.25, 0.3) is 0 Å². The van der Waals surface area contributed by atoms with Crippen LogP contribution in [0, 0.1) is 0 Å². The Hall–Kier alpha value is -1.63. The second kappa shape index (κ2) is 3.75. The summed E-state index contributed by atoms with van der Waals surface area (Å²) in [6, 6.07) is -1.09. The van der Waals surface area contributed by atoms with Crippen LogP contribution in [-0.4, -0.2) is 40.4 Å². The molecule has 2 amide bonds. The van der Waals surface area contributed by atoms with Crippen molar-refractivity contribution >= 4 is 18.2 Å². The number of nitrogens with two attached hydrogens (primary N) is 2. The Morgan fingerprint density at radius 3 is 2.50 bits per heavy atom. The van der Waals surface area contributed by atoms with E-state index in [0.717, 1.165) is 0 Å². The minimum Gasteiger partial charge on any atom is -0.390 e. The summed E-state index contributed by atoms with van der Waals surface area (Å²) in [4.78, 5) is 26.4. The van der Waals surface area contributed by atoms with Crippen LogP contribution in [0.1, 0.15) is 20.3 Å². The van der Waals surface area contributed by atoms with Gasteiger partial charge in [0.15, 0.2) is 11.6 Å². The molecule has 0 saturated heterocycles. The van der Waals surface area contributed by atoms with E-state index in [1.165, 1.54) is 20.2 Å². The van der Waals surface area contributed by atoms with Crippen LogP contribution in [0.2, 0.25) is 0 Å². The van der Waals surface area contributed by atoms with Crippen LogP contribution in [0.15, 0.2) is 4.99 Å². The SMILES string of the molecule is CC(C)(O)CC1(C(N)=O)NC=NC1C(N)=O. The van der Waals surface area contributed by atoms with E-state index in [1.807, 2.05) is 0 Å². The number of primary amides is 2. The van der Waals surface area contributed by atoms with E-state index in [9.17, 15) is 14.7 Å². The van der Waals surface area contributed by atoms with E-state index >= 15 is 0 Å². The van der Waals surface area contributed by atoms with Crippen molar-refractivity contribution in [1.29, 1.82) is 0 Å². The number of carbonyl (C=O) groups is 2. The van der Waals surface area contributed by atoms with E-state index in [2.05, 4.69) is 10.3 Å². The Bertz CT molecular complexity index is 347. The summed E-state index contributed by atoms with van der Waals surface area (Å²) in [5, 5.41) is 12.4. The molecule has 16 heavy (non-hydrogen) atoms. The van der Waals surface area contributed by atoms with Gasteiger partial charge in [-0.05, 0) is 13.8 Å². The molecule has 1 aliphatic heterocycles. The molecule has 0 bridgehead atoms. The molecule has 1 heterocycles. The fourth-order valence-electron chi connectivity index (χ4n) is 1.87. The van der Waals surface area contributed by atoms with Crippen molar-refractivity contribution in [2.24, 2.45) is 16.5 Å². The van der Waals surface area contributed by atoms with E-state index in [0.29, 0.717) is 0 Å². The smallest absolute Gasteiger partial charge is 0.246 e. The molecule has 6 N–H and O–H groups in total. The van der Waals surface area contributed by atoms with Crippen molar-refractivity contribution in [1.82, 2.24) is 5.32 Å². The number of amides is 2. The molecular formula is C9H16N4O3. The second-order valence-corrected chi connectivity index (χ2v) is 4.55. The number of nitrogens with one attached hydrogen (secondary N) is 1. The van der Waals surface area contributed by atoms with E-state index in [1.54, 1.807) is 0 Å². The second-order valence-electron chi connectivity index (χ2n) is 4.55. The van der Waals surface area contributed by atoms with E-state index in [4.69, 9.17) is 11.5 Å². The third-order valence-electron chi connectivity index (χ3n) is 2.43. The molecule has 0 aromatic heterocycles. The van der Waals surface area contributed by atoms with Crippen molar-refractivity contribution in [3.8, 4) is 0 Å². The number of rotatable bonds is 4. The van der Waals surface area contributed by atoms with Gasteiger partial charge in [0.05, 0.1) is 11.9 Å². The first-order valence-electron chi connectivity index (χ1n) is 4.80. The highest BCUT2D eigenvalue weighted by atomic mass is 16.3. The monoisotopic (exact) mass is 228 g/mol. The van der Waals surface area contributed by atoms with Crippen LogP contribution in [0.25, 0.3) is 0 Å². The van der Waals surface area contributed by atoms with Gasteiger partial charge in [0, 0.05) is 6.42 Å². The summed E-state index contributed by atoms with van der Waals surface area (Å²) < 4.78 is 0. The van der Waals surface area contributed by atoms with Crippen molar-refractivity contribution in [2.45, 2.75) is 37.5 Å². The molecule has 2 atom stereocenters. The van der Waals surface area contributed by atoms with Crippen molar-refractivity contribution in [3.63, 3.8) is 0 Å². The Balaban J connectivity index is 3.08. The first kappa shape index (κ1) is 12.4. The molecule has 0 saturated carbocycles. The normalized spacial score (nSPS) is 28.8. The van der Waals surface area contributed by atoms with Gasteiger partial charge in [-0.3, -0.25) is 14.6 Å². The summed E-state index contributed by atoms with van der Waals surface area (Å²) in [5.74, 6) is -1.53. The molecular weight excluding hydrogens is 212 g/mol. The standard InChI is InChI=1S/C9H16N4O3/c1-8(2,16)3-9(7(11)15)5(6(10)14)12-4-13-9/h4-5,16H,3H2,1-2H3,(H2,10,14)(H2,11,15)(H,12,13). The summed E-state index contributed by atoms with van der Waals surface area (Å²) in [5.41, 5.74) is 7.80. The first-order chi connectivity index (χ1) is 7.19. The maximum atomic E-state index is 11.5. The zero-order valence-corrected chi connectivity index (χ0v) is 9.23. The van der Waals surface area contributed by atoms with Gasteiger partial charge >= 0.3 is 0 Å². The fraction of sp³-hybridized carbons (Fsp3) is 0.667. The maximum absolute atomic E-state index is 11.5. The molecule has 0 radical (unpaired) electrons. The number of hydrogen-bond acceptors (Lipinski definition) is 5. The van der Waals surface area contributed by atoms with Gasteiger partial charge in [-0.1, -0.05) is 0 Å². The lowest BCUT2D eigenvalue weighted by Gasteiger charge is -2.34. The molecule has 7 nitrogen and oxygen atoms in total. The van der Waals surface area contributed by atoms with Gasteiger partial charge in [0.2, 0.25) is 11.8 Å². The van der Waals surface area contributed by atoms with Crippen LogP contribution in [0.4, 0.5) is 0 Å². The fourth-order valence-corrected chi connectivity index (χ4v) is 1.87. The zero-order chi connectivity index (χ0) is 12.6. The molecule has 0 fully saturated rings. The third-order valence-corrected chi connectivity index (χ3v) is 2.43. The van der Waals surface area contributed by atoms with Crippen LogP contribution in [-0.2, 0) is 9.59 Å².